The van der Waals surface area contributed by atoms with E-state index in [1.165, 1.54) is 13.4 Å². The lowest BCUT2D eigenvalue weighted by Gasteiger charge is -1.97. The minimum atomic E-state index is -0.240. The van der Waals surface area contributed by atoms with Crippen LogP contribution in [0.1, 0.15) is 12.0 Å². The number of hydrogen-bond donors (Lipinski definition) is 1. The fraction of sp³-hybridized carbons (Fsp3) is 0.375. The highest BCUT2D eigenvalue weighted by Gasteiger charge is 2.05. The van der Waals surface area contributed by atoms with Gasteiger partial charge in [-0.1, -0.05) is 0 Å². The van der Waals surface area contributed by atoms with Crippen molar-refractivity contribution in [2.45, 2.75) is 12.8 Å². The van der Waals surface area contributed by atoms with Crippen LogP contribution in [0.2, 0.25) is 0 Å². The summed E-state index contributed by atoms with van der Waals surface area (Å²) in [4.78, 5) is 10.7. The molecular weight excluding hydrogens is 158 g/mol. The van der Waals surface area contributed by atoms with Gasteiger partial charge in [-0.3, -0.25) is 4.79 Å². The monoisotopic (exact) mass is 169 g/mol. The Bertz CT molecular complexity index is 267. The van der Waals surface area contributed by atoms with Gasteiger partial charge in [-0.05, 0) is 12.5 Å². The van der Waals surface area contributed by atoms with Crippen molar-refractivity contribution >= 4 is 11.9 Å². The zero-order valence-electron chi connectivity index (χ0n) is 6.87. The molecule has 0 aromatic carbocycles. The largest absolute Gasteiger partial charge is 0.469 e. The first-order chi connectivity index (χ1) is 5.74. The normalized spacial score (nSPS) is 9.75. The Kier molecular flexibility index (Phi) is 2.74. The molecule has 66 valence electrons. The molecule has 0 aliphatic carbocycles. The van der Waals surface area contributed by atoms with Crippen molar-refractivity contribution in [2.24, 2.45) is 0 Å². The van der Waals surface area contributed by atoms with Crippen LogP contribution in [0.3, 0.4) is 0 Å². The summed E-state index contributed by atoms with van der Waals surface area (Å²) in [5.41, 5.74) is 6.30. The van der Waals surface area contributed by atoms with E-state index >= 15 is 0 Å². The van der Waals surface area contributed by atoms with Crippen LogP contribution in [0.5, 0.6) is 0 Å². The van der Waals surface area contributed by atoms with E-state index in [1.807, 2.05) is 0 Å². The van der Waals surface area contributed by atoms with Gasteiger partial charge in [-0.15, -0.1) is 0 Å². The van der Waals surface area contributed by atoms with Crippen molar-refractivity contribution in [1.82, 2.24) is 0 Å². The van der Waals surface area contributed by atoms with Gasteiger partial charge in [0.15, 0.2) is 5.88 Å². The highest BCUT2D eigenvalue weighted by molar-refractivity contribution is 5.69. The molecular formula is C8H11NO3. The third kappa shape index (κ3) is 2.02. The van der Waals surface area contributed by atoms with Crippen LogP contribution in [0.25, 0.3) is 0 Å². The zero-order chi connectivity index (χ0) is 8.97. The van der Waals surface area contributed by atoms with Gasteiger partial charge in [0.1, 0.15) is 0 Å². The Morgan fingerprint density at radius 1 is 1.75 bits per heavy atom. The number of methoxy groups -OCH3 is 1. The first kappa shape index (κ1) is 8.64. The maximum atomic E-state index is 10.7. The van der Waals surface area contributed by atoms with Crippen molar-refractivity contribution in [3.05, 3.63) is 17.9 Å². The smallest absolute Gasteiger partial charge is 0.305 e. The molecule has 1 heterocycles. The van der Waals surface area contributed by atoms with E-state index in [1.54, 1.807) is 6.07 Å². The molecule has 0 saturated carbocycles. The molecule has 0 aliphatic heterocycles. The summed E-state index contributed by atoms with van der Waals surface area (Å²) in [5, 5.41) is 0. The van der Waals surface area contributed by atoms with Gasteiger partial charge in [-0.2, -0.15) is 0 Å². The number of esters is 1. The molecule has 0 unspecified atom stereocenters. The van der Waals surface area contributed by atoms with E-state index in [-0.39, 0.29) is 5.97 Å². The first-order valence-electron chi connectivity index (χ1n) is 3.62. The van der Waals surface area contributed by atoms with Gasteiger partial charge in [0, 0.05) is 12.0 Å². The number of carbonyl (C=O) groups excluding carboxylic acids is 1. The average Bonchev–Trinajstić information content (AvgIpc) is 2.47. The molecule has 1 aromatic rings. The highest BCUT2D eigenvalue weighted by Crippen LogP contribution is 2.14. The molecule has 0 saturated heterocycles. The standard InChI is InChI=1S/C8H11NO3/c1-11-7(10)3-2-6-4-5-12-8(6)9/h4-5H,2-3,9H2,1H3. The lowest BCUT2D eigenvalue weighted by atomic mass is 10.2. The van der Waals surface area contributed by atoms with E-state index < -0.39 is 0 Å². The number of ether oxygens (including phenoxy) is 1. The molecule has 0 fully saturated rings. The molecule has 1 rings (SSSR count). The van der Waals surface area contributed by atoms with Crippen LogP contribution < -0.4 is 5.73 Å². The molecule has 4 nitrogen and oxygen atoms in total. The number of hydrogen-bond acceptors (Lipinski definition) is 4. The van der Waals surface area contributed by atoms with Gasteiger partial charge >= 0.3 is 5.97 Å². The molecule has 0 spiro atoms. The minimum Gasteiger partial charge on any atom is -0.469 e. The van der Waals surface area contributed by atoms with Gasteiger partial charge in [0.25, 0.3) is 0 Å². The van der Waals surface area contributed by atoms with Gasteiger partial charge in [-0.25, -0.2) is 0 Å². The van der Waals surface area contributed by atoms with Gasteiger partial charge < -0.3 is 14.9 Å². The lowest BCUT2D eigenvalue weighted by Crippen LogP contribution is -2.02. The second-order valence-electron chi connectivity index (χ2n) is 2.39. The number of anilines is 1. The van der Waals surface area contributed by atoms with E-state index in [2.05, 4.69) is 4.74 Å². The Morgan fingerprint density at radius 3 is 3.00 bits per heavy atom. The average molecular weight is 169 g/mol. The fourth-order valence-corrected chi connectivity index (χ4v) is 0.893. The van der Waals surface area contributed by atoms with Gasteiger partial charge in [0.2, 0.25) is 0 Å². The Balaban J connectivity index is 2.43. The maximum absolute atomic E-state index is 10.7. The Morgan fingerprint density at radius 2 is 2.50 bits per heavy atom. The zero-order valence-corrected chi connectivity index (χ0v) is 6.87. The van der Waals surface area contributed by atoms with Crippen molar-refractivity contribution in [1.29, 1.82) is 0 Å². The summed E-state index contributed by atoms with van der Waals surface area (Å²) in [5.74, 6) is 0.134. The quantitative estimate of drug-likeness (QED) is 0.684. The van der Waals surface area contributed by atoms with Crippen LogP contribution in [-0.2, 0) is 16.0 Å². The number of rotatable bonds is 3. The summed E-state index contributed by atoms with van der Waals surface area (Å²) in [6.07, 6.45) is 2.40. The maximum Gasteiger partial charge on any atom is 0.305 e. The Labute approximate surface area is 70.3 Å². The summed E-state index contributed by atoms with van der Waals surface area (Å²) in [6.45, 7) is 0. The first-order valence-corrected chi connectivity index (χ1v) is 3.62. The Hall–Kier alpha value is -1.45. The molecule has 0 aliphatic rings. The third-order valence-electron chi connectivity index (χ3n) is 1.61. The number of aryl methyl sites for hydroxylation is 1. The molecule has 0 bridgehead atoms. The van der Waals surface area contributed by atoms with Crippen molar-refractivity contribution in [2.75, 3.05) is 12.8 Å². The van der Waals surface area contributed by atoms with Crippen molar-refractivity contribution in [3.63, 3.8) is 0 Å². The number of nitrogens with two attached hydrogens (primary N) is 1. The number of carbonyl (C=O) groups is 1. The van der Waals surface area contributed by atoms with Crippen molar-refractivity contribution in [3.8, 4) is 0 Å². The third-order valence-corrected chi connectivity index (χ3v) is 1.61. The molecule has 0 atom stereocenters. The summed E-state index contributed by atoms with van der Waals surface area (Å²) >= 11 is 0. The molecule has 2 N–H and O–H groups in total. The molecule has 0 amide bonds. The van der Waals surface area contributed by atoms with E-state index in [4.69, 9.17) is 10.2 Å². The van der Waals surface area contributed by atoms with E-state index in [9.17, 15) is 4.79 Å². The van der Waals surface area contributed by atoms with E-state index in [0.717, 1.165) is 5.56 Å². The van der Waals surface area contributed by atoms with Crippen LogP contribution in [0, 0.1) is 0 Å². The molecule has 1 aromatic heterocycles. The minimum absolute atomic E-state index is 0.240. The van der Waals surface area contributed by atoms with Crippen LogP contribution in [0.15, 0.2) is 16.7 Å². The molecule has 0 radical (unpaired) electrons. The predicted octanol–water partition coefficient (Wildman–Crippen LogP) is 0.967. The van der Waals surface area contributed by atoms with E-state index in [0.29, 0.717) is 18.7 Å². The van der Waals surface area contributed by atoms with Crippen LogP contribution >= 0.6 is 0 Å². The summed E-state index contributed by atoms with van der Waals surface area (Å²) in [6, 6.07) is 1.75. The number of furan rings is 1. The molecule has 12 heavy (non-hydrogen) atoms. The fourth-order valence-electron chi connectivity index (χ4n) is 0.893. The molecule has 4 heteroatoms. The van der Waals surface area contributed by atoms with Crippen molar-refractivity contribution < 1.29 is 13.9 Å². The highest BCUT2D eigenvalue weighted by atomic mass is 16.5. The predicted molar refractivity (Wildman–Crippen MR) is 43.5 cm³/mol. The summed E-state index contributed by atoms with van der Waals surface area (Å²) in [7, 11) is 1.36. The van der Waals surface area contributed by atoms with Crippen LogP contribution in [0.4, 0.5) is 5.88 Å². The van der Waals surface area contributed by atoms with Crippen LogP contribution in [-0.4, -0.2) is 13.1 Å². The summed E-state index contributed by atoms with van der Waals surface area (Å²) < 4.78 is 9.33. The second-order valence-corrected chi connectivity index (χ2v) is 2.39. The van der Waals surface area contributed by atoms with Gasteiger partial charge in [0.05, 0.1) is 13.4 Å². The second kappa shape index (κ2) is 3.80. The topological polar surface area (TPSA) is 65.5 Å². The SMILES string of the molecule is COC(=O)CCc1ccoc1N. The number of nitrogen functional groups attached to an aromatic ring is 1. The lowest BCUT2D eigenvalue weighted by molar-refractivity contribution is -0.140.